The van der Waals surface area contributed by atoms with E-state index in [1.54, 1.807) is 24.3 Å². The van der Waals surface area contributed by atoms with Crippen molar-refractivity contribution in [1.82, 2.24) is 0 Å². The van der Waals surface area contributed by atoms with Crippen molar-refractivity contribution in [3.8, 4) is 48.6 Å². The van der Waals surface area contributed by atoms with Gasteiger partial charge in [0.2, 0.25) is 0 Å². The van der Waals surface area contributed by atoms with Gasteiger partial charge in [-0.05, 0) is 61.1 Å². The fraction of sp³-hybridized carbons (Fsp3) is 0.462. The summed E-state index contributed by atoms with van der Waals surface area (Å²) in [6, 6.07) is 29.2. The molecule has 2 rings (SSSR count). The summed E-state index contributed by atoms with van der Waals surface area (Å²) in [5, 5.41) is 83.7. The van der Waals surface area contributed by atoms with Gasteiger partial charge in [-0.3, -0.25) is 0 Å². The second kappa shape index (κ2) is 30.0. The van der Waals surface area contributed by atoms with Gasteiger partial charge in [-0.1, -0.05) is 129 Å². The van der Waals surface area contributed by atoms with Crippen LogP contribution in [-0.4, -0.2) is 26.2 Å². The monoisotopic (exact) mass is 825 g/mol. The number of benzene rings is 2. The zero-order valence-electron chi connectivity index (χ0n) is 37.2. The van der Waals surface area contributed by atoms with Gasteiger partial charge in [-0.2, -0.15) is 42.1 Å². The van der Waals surface area contributed by atoms with Crippen LogP contribution in [0.15, 0.2) is 82.0 Å². The van der Waals surface area contributed by atoms with E-state index in [1.165, 1.54) is 0 Å². The molecule has 318 valence electrons. The van der Waals surface area contributed by atoms with E-state index in [1.807, 2.05) is 72.8 Å². The average Bonchev–Trinajstić information content (AvgIpc) is 3.30. The molecule has 2 aromatic carbocycles. The fourth-order valence-electron chi connectivity index (χ4n) is 7.46. The lowest BCUT2D eigenvalue weighted by atomic mass is 9.78. The summed E-state index contributed by atoms with van der Waals surface area (Å²) < 4.78 is 0. The largest absolute Gasteiger partial charge is 0.372 e. The van der Waals surface area contributed by atoms with Gasteiger partial charge >= 0.3 is 0 Å². The van der Waals surface area contributed by atoms with Crippen molar-refractivity contribution < 1.29 is 0 Å². The van der Waals surface area contributed by atoms with Crippen LogP contribution in [0, 0.1) is 90.6 Å². The minimum absolute atomic E-state index is 0.176. The normalized spacial score (nSPS) is 9.81. The van der Waals surface area contributed by atoms with Crippen molar-refractivity contribution >= 4 is 22.5 Å². The molecule has 0 heterocycles. The third kappa shape index (κ3) is 15.2. The van der Waals surface area contributed by atoms with E-state index in [-0.39, 0.29) is 33.4 Å². The fourth-order valence-corrected chi connectivity index (χ4v) is 7.46. The second-order valence-electron chi connectivity index (χ2n) is 15.2. The van der Waals surface area contributed by atoms with Crippen LogP contribution in [-0.2, 0) is 0 Å². The predicted molar refractivity (Wildman–Crippen MR) is 247 cm³/mol. The molecule has 0 radical (unpaired) electrons. The molecule has 0 aromatic heterocycles. The van der Waals surface area contributed by atoms with Gasteiger partial charge in [-0.15, -0.1) is 0 Å². The average molecular weight is 825 g/mol. The molecule has 10 nitrogen and oxygen atoms in total. The minimum Gasteiger partial charge on any atom is -0.372 e. The zero-order chi connectivity index (χ0) is 45.5. The Morgan fingerprint density at radius 3 is 0.790 bits per heavy atom. The van der Waals surface area contributed by atoms with E-state index in [9.17, 15) is 42.1 Å². The Hall–Kier alpha value is -7.08. The molecule has 0 amide bonds. The molecule has 0 saturated carbocycles. The minimum atomic E-state index is -0.617. The molecule has 0 saturated heterocycles. The highest BCUT2D eigenvalue weighted by Crippen LogP contribution is 2.43. The van der Waals surface area contributed by atoms with Gasteiger partial charge < -0.3 is 9.80 Å². The van der Waals surface area contributed by atoms with Crippen LogP contribution < -0.4 is 9.80 Å². The van der Waals surface area contributed by atoms with Crippen molar-refractivity contribution in [2.24, 2.45) is 0 Å². The quantitative estimate of drug-likeness (QED) is 0.0474. The summed E-state index contributed by atoms with van der Waals surface area (Å²) in [5.74, 6) is 0. The number of nitrogens with zero attached hydrogens (tertiary/aromatic N) is 10. The Labute approximate surface area is 371 Å². The topological polar surface area (TPSA) is 197 Å². The van der Waals surface area contributed by atoms with Crippen LogP contribution in [0.4, 0.5) is 11.4 Å². The summed E-state index contributed by atoms with van der Waals surface area (Å²) in [5.41, 5.74) is -0.960. The van der Waals surface area contributed by atoms with E-state index in [2.05, 4.69) is 37.5 Å². The maximum absolute atomic E-state index is 10.5. The van der Waals surface area contributed by atoms with Crippen molar-refractivity contribution in [2.75, 3.05) is 36.0 Å². The molecule has 0 atom stereocenters. The predicted octanol–water partition coefficient (Wildman–Crippen LogP) is 12.6. The number of anilines is 2. The first-order chi connectivity index (χ1) is 30.3. The van der Waals surface area contributed by atoms with E-state index < -0.39 is 22.3 Å². The van der Waals surface area contributed by atoms with Crippen molar-refractivity contribution in [2.45, 2.75) is 130 Å². The molecule has 2 aromatic rings. The highest BCUT2D eigenvalue weighted by molar-refractivity contribution is 6.03. The van der Waals surface area contributed by atoms with Crippen molar-refractivity contribution in [3.63, 3.8) is 0 Å². The standard InChI is InChI=1S/C52H60N10/c1-5-9-13-17-29-61(30-18-14-10-6-2)47-25-21-41(22-26-47)49(43(33-53)34-54)51(45(37-57)38-58)52(46(39-59)40-60)50(44(35-55)36-56)42-23-27-48(28-24-42)62(31-19-15-11-7-3)32-20-16-12-8-4/h21-28H,5-20,29-32H2,1-4H3. The first-order valence-corrected chi connectivity index (χ1v) is 22.2. The Morgan fingerprint density at radius 1 is 0.339 bits per heavy atom. The summed E-state index contributed by atoms with van der Waals surface area (Å²) in [7, 11) is 0. The summed E-state index contributed by atoms with van der Waals surface area (Å²) >= 11 is 0. The Bertz CT molecular complexity index is 1980. The molecular formula is C52H60N10. The molecule has 0 N–H and O–H groups in total. The summed E-state index contributed by atoms with van der Waals surface area (Å²) in [4.78, 5) is 4.62. The van der Waals surface area contributed by atoms with E-state index >= 15 is 0 Å². The lowest BCUT2D eigenvalue weighted by Crippen LogP contribution is -2.25. The van der Waals surface area contributed by atoms with E-state index in [0.717, 1.165) is 140 Å². The Balaban J connectivity index is 2.99. The van der Waals surface area contributed by atoms with Crippen LogP contribution >= 0.6 is 0 Å². The van der Waals surface area contributed by atoms with Crippen molar-refractivity contribution in [1.29, 1.82) is 42.1 Å². The number of hydrogen-bond donors (Lipinski definition) is 0. The van der Waals surface area contributed by atoms with Gasteiger partial charge in [0.05, 0.1) is 0 Å². The maximum Gasteiger partial charge on any atom is 0.138 e. The molecule has 0 spiro atoms. The highest BCUT2D eigenvalue weighted by Gasteiger charge is 2.30. The van der Waals surface area contributed by atoms with Crippen molar-refractivity contribution in [3.05, 3.63) is 93.1 Å². The smallest absolute Gasteiger partial charge is 0.138 e. The number of unbranched alkanes of at least 4 members (excludes halogenated alkanes) is 12. The van der Waals surface area contributed by atoms with Gasteiger partial charge in [0.25, 0.3) is 0 Å². The third-order valence-electron chi connectivity index (χ3n) is 10.8. The third-order valence-corrected chi connectivity index (χ3v) is 10.8. The summed E-state index contributed by atoms with van der Waals surface area (Å²) in [6.07, 6.45) is 17.4. The lowest BCUT2D eigenvalue weighted by molar-refractivity contribution is 0.609. The van der Waals surface area contributed by atoms with Crippen LogP contribution in [0.25, 0.3) is 11.1 Å². The molecule has 0 aliphatic heterocycles. The zero-order valence-corrected chi connectivity index (χ0v) is 37.2. The van der Waals surface area contributed by atoms with Gasteiger partial charge in [0.15, 0.2) is 0 Å². The van der Waals surface area contributed by atoms with Gasteiger partial charge in [0.1, 0.15) is 70.8 Å². The van der Waals surface area contributed by atoms with E-state index in [4.69, 9.17) is 0 Å². The van der Waals surface area contributed by atoms with Gasteiger partial charge in [-0.25, -0.2) is 0 Å². The van der Waals surface area contributed by atoms with E-state index in [0.29, 0.717) is 0 Å². The number of nitriles is 8. The molecule has 10 heteroatoms. The summed E-state index contributed by atoms with van der Waals surface area (Å²) in [6.45, 7) is 12.0. The Morgan fingerprint density at radius 2 is 0.581 bits per heavy atom. The lowest BCUT2D eigenvalue weighted by Gasteiger charge is -2.26. The van der Waals surface area contributed by atoms with Crippen LogP contribution in [0.5, 0.6) is 0 Å². The molecule has 0 bridgehead atoms. The van der Waals surface area contributed by atoms with Crippen LogP contribution in [0.1, 0.15) is 142 Å². The molecule has 0 aliphatic rings. The second-order valence-corrected chi connectivity index (χ2v) is 15.2. The molecule has 62 heavy (non-hydrogen) atoms. The first-order valence-electron chi connectivity index (χ1n) is 22.2. The van der Waals surface area contributed by atoms with Crippen LogP contribution in [0.3, 0.4) is 0 Å². The van der Waals surface area contributed by atoms with Crippen LogP contribution in [0.2, 0.25) is 0 Å². The Kier molecular flexibility index (Phi) is 24.7. The number of rotatable bonds is 27. The maximum atomic E-state index is 10.5. The molecular weight excluding hydrogens is 765 g/mol. The van der Waals surface area contributed by atoms with Gasteiger partial charge in [0, 0.05) is 59.8 Å². The highest BCUT2D eigenvalue weighted by atomic mass is 15.1. The molecule has 0 unspecified atom stereocenters. The first kappa shape index (κ1) is 51.1. The number of allylic oxidation sites excluding steroid dienone is 8. The number of hydrogen-bond acceptors (Lipinski definition) is 10. The molecule has 0 fully saturated rings. The molecule has 0 aliphatic carbocycles. The SMILES string of the molecule is CCCCCCN(CCCCCC)c1ccc(C(=C(C#N)C#N)C(=C(C#N)C#N)C(=C(C#N)C#N)C(=C(C#N)C#N)c2ccc(N(CCCCCC)CCCCCC)cc2)cc1.